The van der Waals surface area contributed by atoms with Gasteiger partial charge in [0.05, 0.1) is 11.6 Å². The second-order valence-corrected chi connectivity index (χ2v) is 4.92. The summed E-state index contributed by atoms with van der Waals surface area (Å²) in [7, 11) is 2.02. The van der Waals surface area contributed by atoms with Crippen LogP contribution in [0.15, 0.2) is 17.5 Å². The van der Waals surface area contributed by atoms with Crippen LogP contribution in [0.3, 0.4) is 0 Å². The van der Waals surface area contributed by atoms with Crippen molar-refractivity contribution in [3.8, 4) is 0 Å². The minimum atomic E-state index is -0.0750. The molecule has 0 amide bonds. The molecule has 1 aromatic rings. The largest absolute Gasteiger partial charge is 0.373 e. The second-order valence-electron chi connectivity index (χ2n) is 3.94. The van der Waals surface area contributed by atoms with E-state index in [1.54, 1.807) is 11.3 Å². The van der Waals surface area contributed by atoms with Crippen molar-refractivity contribution in [2.24, 2.45) is 0 Å². The number of ether oxygens (including phenoxy) is 1. The Morgan fingerprint density at radius 2 is 2.06 bits per heavy atom. The average molecular weight is 241 g/mol. The van der Waals surface area contributed by atoms with Crippen molar-refractivity contribution in [2.45, 2.75) is 45.3 Å². The number of nitrogens with one attached hydrogen (secondary N) is 1. The van der Waals surface area contributed by atoms with Crippen LogP contribution in [-0.4, -0.2) is 19.3 Å². The van der Waals surface area contributed by atoms with E-state index in [2.05, 4.69) is 43.6 Å². The summed E-state index contributed by atoms with van der Waals surface area (Å²) in [6.07, 6.45) is 2.06. The van der Waals surface area contributed by atoms with E-state index in [9.17, 15) is 0 Å². The van der Waals surface area contributed by atoms with Crippen molar-refractivity contribution in [1.82, 2.24) is 5.32 Å². The highest BCUT2D eigenvalue weighted by molar-refractivity contribution is 7.10. The zero-order valence-corrected chi connectivity index (χ0v) is 11.6. The van der Waals surface area contributed by atoms with E-state index in [0.29, 0.717) is 6.04 Å². The molecule has 1 aromatic heterocycles. The normalized spacial score (nSPS) is 14.0. The first-order valence-corrected chi connectivity index (χ1v) is 6.96. The predicted molar refractivity (Wildman–Crippen MR) is 71.1 cm³/mol. The highest BCUT2D eigenvalue weighted by Crippen LogP contribution is 2.36. The first-order chi connectivity index (χ1) is 7.74. The molecule has 1 heterocycles. The van der Waals surface area contributed by atoms with Crippen molar-refractivity contribution in [1.29, 1.82) is 0 Å². The lowest BCUT2D eigenvalue weighted by Gasteiger charge is -2.38. The van der Waals surface area contributed by atoms with E-state index < -0.39 is 0 Å². The van der Waals surface area contributed by atoms with Gasteiger partial charge in [-0.15, -0.1) is 11.3 Å². The summed E-state index contributed by atoms with van der Waals surface area (Å²) in [5.41, 5.74) is -0.0750. The first kappa shape index (κ1) is 13.7. The average Bonchev–Trinajstić information content (AvgIpc) is 2.82. The fourth-order valence-electron chi connectivity index (χ4n) is 2.35. The highest BCUT2D eigenvalue weighted by Gasteiger charge is 2.37. The van der Waals surface area contributed by atoms with Crippen molar-refractivity contribution in [2.75, 3.05) is 13.7 Å². The molecule has 0 aliphatic heterocycles. The number of thiophene rings is 1. The summed E-state index contributed by atoms with van der Waals surface area (Å²) in [6, 6.07) is 4.58. The lowest BCUT2D eigenvalue weighted by atomic mass is 9.87. The van der Waals surface area contributed by atoms with Gasteiger partial charge in [0.1, 0.15) is 0 Å². The summed E-state index contributed by atoms with van der Waals surface area (Å²) in [4.78, 5) is 1.36. The Balaban J connectivity index is 2.98. The molecule has 1 unspecified atom stereocenters. The molecule has 0 radical (unpaired) electrons. The monoisotopic (exact) mass is 241 g/mol. The Bertz CT molecular complexity index is 280. The van der Waals surface area contributed by atoms with Gasteiger partial charge >= 0.3 is 0 Å². The van der Waals surface area contributed by atoms with Crippen molar-refractivity contribution >= 4 is 11.3 Å². The zero-order chi connectivity index (χ0) is 12.0. The number of hydrogen-bond acceptors (Lipinski definition) is 3. The Kier molecular flexibility index (Phi) is 5.46. The minimum Gasteiger partial charge on any atom is -0.373 e. The molecule has 16 heavy (non-hydrogen) atoms. The van der Waals surface area contributed by atoms with Gasteiger partial charge in [0.2, 0.25) is 0 Å². The molecule has 0 aliphatic rings. The number of hydrogen-bond donors (Lipinski definition) is 1. The fourth-order valence-corrected chi connectivity index (χ4v) is 3.29. The lowest BCUT2D eigenvalue weighted by Crippen LogP contribution is -2.44. The molecule has 0 aliphatic carbocycles. The molecular weight excluding hydrogens is 218 g/mol. The van der Waals surface area contributed by atoms with Gasteiger partial charge in [0.15, 0.2) is 0 Å². The zero-order valence-electron chi connectivity index (χ0n) is 10.7. The second kappa shape index (κ2) is 6.38. The van der Waals surface area contributed by atoms with E-state index in [4.69, 9.17) is 4.74 Å². The van der Waals surface area contributed by atoms with Gasteiger partial charge in [-0.25, -0.2) is 0 Å². The third kappa shape index (κ3) is 2.65. The summed E-state index contributed by atoms with van der Waals surface area (Å²) >= 11 is 1.80. The highest BCUT2D eigenvalue weighted by atomic mass is 32.1. The Morgan fingerprint density at radius 1 is 1.38 bits per heavy atom. The van der Waals surface area contributed by atoms with Crippen LogP contribution in [0.5, 0.6) is 0 Å². The third-order valence-corrected chi connectivity index (χ3v) is 4.21. The molecule has 0 fully saturated rings. The summed E-state index contributed by atoms with van der Waals surface area (Å²) in [5.74, 6) is 0. The van der Waals surface area contributed by atoms with Crippen LogP contribution in [0, 0.1) is 0 Å². The molecule has 0 saturated heterocycles. The molecule has 1 N–H and O–H groups in total. The van der Waals surface area contributed by atoms with E-state index >= 15 is 0 Å². The standard InChI is InChI=1S/C13H23NOS/c1-5-13(6-2,15-7-3)12(14-4)11-9-8-10-16-11/h8-10,12,14H,5-7H2,1-4H3. The Hall–Kier alpha value is -0.380. The van der Waals surface area contributed by atoms with Crippen molar-refractivity contribution in [3.05, 3.63) is 22.4 Å². The maximum Gasteiger partial charge on any atom is 0.0878 e. The minimum absolute atomic E-state index is 0.0750. The molecule has 3 heteroatoms. The molecule has 0 aromatic carbocycles. The van der Waals surface area contributed by atoms with Gasteiger partial charge in [-0.05, 0) is 38.3 Å². The summed E-state index contributed by atoms with van der Waals surface area (Å²) < 4.78 is 6.05. The van der Waals surface area contributed by atoms with Crippen molar-refractivity contribution in [3.63, 3.8) is 0 Å². The van der Waals surface area contributed by atoms with E-state index in [1.165, 1.54) is 4.88 Å². The number of rotatable bonds is 7. The van der Waals surface area contributed by atoms with Crippen LogP contribution in [0.25, 0.3) is 0 Å². The summed E-state index contributed by atoms with van der Waals surface area (Å²) in [6.45, 7) is 7.25. The molecular formula is C13H23NOS. The van der Waals surface area contributed by atoms with Crippen molar-refractivity contribution < 1.29 is 4.74 Å². The molecule has 0 bridgehead atoms. The van der Waals surface area contributed by atoms with E-state index in [1.807, 2.05) is 7.05 Å². The quantitative estimate of drug-likeness (QED) is 0.787. The predicted octanol–water partition coefficient (Wildman–Crippen LogP) is 3.60. The van der Waals surface area contributed by atoms with Gasteiger partial charge in [-0.2, -0.15) is 0 Å². The van der Waals surface area contributed by atoms with Crippen LogP contribution in [0.1, 0.15) is 44.5 Å². The van der Waals surface area contributed by atoms with Gasteiger partial charge in [-0.3, -0.25) is 0 Å². The molecule has 0 spiro atoms. The Labute approximate surface area is 103 Å². The first-order valence-electron chi connectivity index (χ1n) is 6.08. The van der Waals surface area contributed by atoms with Crippen LogP contribution >= 0.6 is 11.3 Å². The summed E-state index contributed by atoms with van der Waals surface area (Å²) in [5, 5.41) is 5.54. The van der Waals surface area contributed by atoms with Crippen LogP contribution in [-0.2, 0) is 4.74 Å². The lowest BCUT2D eigenvalue weighted by molar-refractivity contribution is -0.0709. The van der Waals surface area contributed by atoms with Gasteiger partial charge in [0.25, 0.3) is 0 Å². The fraction of sp³-hybridized carbons (Fsp3) is 0.692. The SMILES string of the molecule is CCOC(CC)(CC)C(NC)c1cccs1. The molecule has 1 rings (SSSR count). The maximum atomic E-state index is 6.05. The third-order valence-electron chi connectivity index (χ3n) is 3.27. The van der Waals surface area contributed by atoms with Crippen LogP contribution in [0.4, 0.5) is 0 Å². The van der Waals surface area contributed by atoms with Crippen LogP contribution < -0.4 is 5.32 Å². The smallest absolute Gasteiger partial charge is 0.0878 e. The van der Waals surface area contributed by atoms with E-state index in [-0.39, 0.29) is 5.60 Å². The topological polar surface area (TPSA) is 21.3 Å². The molecule has 0 saturated carbocycles. The number of likely N-dealkylation sites (N-methyl/N-ethyl adjacent to an activating group) is 1. The van der Waals surface area contributed by atoms with Gasteiger partial charge in [-0.1, -0.05) is 19.9 Å². The maximum absolute atomic E-state index is 6.05. The van der Waals surface area contributed by atoms with Gasteiger partial charge in [0, 0.05) is 11.5 Å². The van der Waals surface area contributed by atoms with Gasteiger partial charge < -0.3 is 10.1 Å². The molecule has 1 atom stereocenters. The van der Waals surface area contributed by atoms with E-state index in [0.717, 1.165) is 19.4 Å². The Morgan fingerprint density at radius 3 is 2.44 bits per heavy atom. The molecule has 92 valence electrons. The van der Waals surface area contributed by atoms with Crippen LogP contribution in [0.2, 0.25) is 0 Å². The molecule has 2 nitrogen and oxygen atoms in total.